The Morgan fingerprint density at radius 1 is 1.21 bits per heavy atom. The Bertz CT molecular complexity index is 847. The van der Waals surface area contributed by atoms with Gasteiger partial charge in [-0.25, -0.2) is 4.79 Å². The molecule has 122 valence electrons. The minimum Gasteiger partial charge on any atom is -0.478 e. The number of aromatic carboxylic acids is 1. The number of nitro groups is 1. The number of nitro benzene ring substituents is 1. The summed E-state index contributed by atoms with van der Waals surface area (Å²) in [4.78, 5) is 35.3. The first kappa shape index (κ1) is 15.7. The Labute approximate surface area is 137 Å². The normalized spacial score (nSPS) is 13.5. The second kappa shape index (κ2) is 6.11. The summed E-state index contributed by atoms with van der Waals surface area (Å²) in [6.45, 7) is 0.227. The lowest BCUT2D eigenvalue weighted by Gasteiger charge is -2.29. The summed E-state index contributed by atoms with van der Waals surface area (Å²) in [6.07, 6.45) is 0.730. The molecule has 7 heteroatoms. The van der Waals surface area contributed by atoms with E-state index in [4.69, 9.17) is 5.11 Å². The first-order valence-corrected chi connectivity index (χ1v) is 7.35. The number of carbonyl (C=O) groups excluding carboxylic acids is 1. The average molecular weight is 326 g/mol. The van der Waals surface area contributed by atoms with Gasteiger partial charge in [-0.1, -0.05) is 12.1 Å². The molecule has 24 heavy (non-hydrogen) atoms. The number of carboxylic acid groups (broad SMARTS) is 1. The molecule has 2 aromatic rings. The van der Waals surface area contributed by atoms with Gasteiger partial charge < -0.3 is 10.0 Å². The van der Waals surface area contributed by atoms with Gasteiger partial charge in [0.1, 0.15) is 0 Å². The average Bonchev–Trinajstić information content (AvgIpc) is 2.57. The van der Waals surface area contributed by atoms with Gasteiger partial charge in [0.25, 0.3) is 5.69 Å². The van der Waals surface area contributed by atoms with Crippen molar-refractivity contribution in [1.29, 1.82) is 0 Å². The quantitative estimate of drug-likeness (QED) is 0.687. The lowest BCUT2D eigenvalue weighted by molar-refractivity contribution is -0.384. The Morgan fingerprint density at radius 3 is 2.71 bits per heavy atom. The number of anilines is 1. The highest BCUT2D eigenvalue weighted by Gasteiger charge is 2.26. The molecule has 0 saturated carbocycles. The zero-order valence-corrected chi connectivity index (χ0v) is 12.6. The molecule has 0 fully saturated rings. The molecule has 0 aliphatic carbocycles. The summed E-state index contributed by atoms with van der Waals surface area (Å²) in [5.41, 5.74) is 2.22. The molecule has 0 spiro atoms. The number of carbonyl (C=O) groups is 2. The van der Waals surface area contributed by atoms with E-state index < -0.39 is 10.9 Å². The summed E-state index contributed by atoms with van der Waals surface area (Å²) >= 11 is 0. The van der Waals surface area contributed by atoms with Crippen LogP contribution in [0.25, 0.3) is 0 Å². The van der Waals surface area contributed by atoms with Crippen LogP contribution < -0.4 is 4.90 Å². The van der Waals surface area contributed by atoms with Crippen LogP contribution in [0.1, 0.15) is 27.9 Å². The summed E-state index contributed by atoms with van der Waals surface area (Å²) in [5.74, 6) is -1.12. The molecule has 1 heterocycles. The van der Waals surface area contributed by atoms with Crippen LogP contribution in [0.3, 0.4) is 0 Å². The van der Waals surface area contributed by atoms with Gasteiger partial charge in [0.15, 0.2) is 0 Å². The molecule has 1 amide bonds. The van der Waals surface area contributed by atoms with E-state index in [1.54, 1.807) is 23.1 Å². The summed E-state index contributed by atoms with van der Waals surface area (Å²) in [7, 11) is 0. The molecule has 1 N–H and O–H groups in total. The minimum atomic E-state index is -1.03. The second-order valence-electron chi connectivity index (χ2n) is 5.56. The number of hydrogen-bond acceptors (Lipinski definition) is 4. The van der Waals surface area contributed by atoms with E-state index >= 15 is 0 Å². The Morgan fingerprint density at radius 2 is 2.00 bits per heavy atom. The number of benzene rings is 2. The van der Waals surface area contributed by atoms with Crippen LogP contribution in [0, 0.1) is 10.1 Å². The first-order chi connectivity index (χ1) is 11.5. The highest BCUT2D eigenvalue weighted by Crippen LogP contribution is 2.32. The van der Waals surface area contributed by atoms with Crippen molar-refractivity contribution in [3.05, 3.63) is 69.3 Å². The first-order valence-electron chi connectivity index (χ1n) is 7.35. The van der Waals surface area contributed by atoms with Gasteiger partial charge >= 0.3 is 5.97 Å². The fraction of sp³-hybridized carbons (Fsp3) is 0.176. The van der Waals surface area contributed by atoms with Crippen LogP contribution in [0.5, 0.6) is 0 Å². The molecule has 1 aliphatic heterocycles. The van der Waals surface area contributed by atoms with E-state index in [0.29, 0.717) is 17.7 Å². The smallest absolute Gasteiger partial charge is 0.335 e. The maximum Gasteiger partial charge on any atom is 0.335 e. The number of rotatable bonds is 4. The van der Waals surface area contributed by atoms with E-state index in [1.165, 1.54) is 24.3 Å². The molecular formula is C17H14N2O5. The summed E-state index contributed by atoms with van der Waals surface area (Å²) < 4.78 is 0. The van der Waals surface area contributed by atoms with Crippen molar-refractivity contribution in [2.24, 2.45) is 0 Å². The zero-order chi connectivity index (χ0) is 17.3. The number of nitrogens with zero attached hydrogens (tertiary/aromatic N) is 2. The van der Waals surface area contributed by atoms with Gasteiger partial charge in [-0.3, -0.25) is 14.9 Å². The van der Waals surface area contributed by atoms with E-state index in [0.717, 1.165) is 5.56 Å². The number of carboxylic acids is 1. The molecule has 0 unspecified atom stereocenters. The molecule has 0 atom stereocenters. The molecule has 1 aliphatic rings. The third kappa shape index (κ3) is 2.96. The van der Waals surface area contributed by atoms with E-state index in [1.807, 2.05) is 0 Å². The van der Waals surface area contributed by atoms with Crippen molar-refractivity contribution in [3.63, 3.8) is 0 Å². The summed E-state index contributed by atoms with van der Waals surface area (Å²) in [6, 6.07) is 10.8. The van der Waals surface area contributed by atoms with Crippen LogP contribution in [0.15, 0.2) is 42.5 Å². The van der Waals surface area contributed by atoms with Gasteiger partial charge in [0.05, 0.1) is 17.0 Å². The third-order valence-electron chi connectivity index (χ3n) is 3.99. The minimum absolute atomic E-state index is 0.00377. The van der Waals surface area contributed by atoms with Crippen LogP contribution >= 0.6 is 0 Å². The fourth-order valence-electron chi connectivity index (χ4n) is 2.82. The molecule has 0 radical (unpaired) electrons. The monoisotopic (exact) mass is 326 g/mol. The molecule has 2 aromatic carbocycles. The Hall–Kier alpha value is -3.22. The van der Waals surface area contributed by atoms with E-state index in [9.17, 15) is 19.7 Å². The highest BCUT2D eigenvalue weighted by molar-refractivity contribution is 5.96. The summed E-state index contributed by atoms with van der Waals surface area (Å²) in [5, 5.41) is 20.0. The van der Waals surface area contributed by atoms with Crippen LogP contribution in [0.2, 0.25) is 0 Å². The lowest BCUT2D eigenvalue weighted by atomic mass is 9.99. The van der Waals surface area contributed by atoms with E-state index in [-0.39, 0.29) is 30.1 Å². The fourth-order valence-corrected chi connectivity index (χ4v) is 2.82. The molecule has 0 bridgehead atoms. The predicted octanol–water partition coefficient (Wildman–Crippen LogP) is 2.77. The Balaban J connectivity index is 1.94. The standard InChI is InChI=1S/C17H14N2O5/c20-16-7-4-12-9-14(19(23)24)5-6-15(12)18(16)10-11-2-1-3-13(8-11)17(21)22/h1-3,5-6,8-9H,4,7,10H2,(H,21,22). The Kier molecular flexibility index (Phi) is 3.99. The van der Waals surface area contributed by atoms with Gasteiger partial charge in [-0.2, -0.15) is 0 Å². The van der Waals surface area contributed by atoms with Crippen LogP contribution in [-0.2, 0) is 17.8 Å². The highest BCUT2D eigenvalue weighted by atomic mass is 16.6. The molecule has 3 rings (SSSR count). The number of fused-ring (bicyclic) bond motifs is 1. The second-order valence-corrected chi connectivity index (χ2v) is 5.56. The zero-order valence-electron chi connectivity index (χ0n) is 12.6. The SMILES string of the molecule is O=C(O)c1cccc(CN2C(=O)CCc3cc([N+](=O)[O-])ccc32)c1. The molecular weight excluding hydrogens is 312 g/mol. The third-order valence-corrected chi connectivity index (χ3v) is 3.99. The van der Waals surface area contributed by atoms with Crippen molar-refractivity contribution < 1.29 is 19.6 Å². The van der Waals surface area contributed by atoms with Crippen LogP contribution in [0.4, 0.5) is 11.4 Å². The van der Waals surface area contributed by atoms with Gasteiger partial charge in [0, 0.05) is 24.2 Å². The van der Waals surface area contributed by atoms with Crippen molar-refractivity contribution in [1.82, 2.24) is 0 Å². The van der Waals surface area contributed by atoms with Gasteiger partial charge in [0.2, 0.25) is 5.91 Å². The number of non-ortho nitro benzene ring substituents is 1. The van der Waals surface area contributed by atoms with Gasteiger partial charge in [-0.15, -0.1) is 0 Å². The van der Waals surface area contributed by atoms with Crippen molar-refractivity contribution in [2.75, 3.05) is 4.90 Å². The maximum atomic E-state index is 12.3. The molecule has 0 saturated heterocycles. The van der Waals surface area contributed by atoms with E-state index in [2.05, 4.69) is 0 Å². The van der Waals surface area contributed by atoms with Crippen molar-refractivity contribution in [3.8, 4) is 0 Å². The van der Waals surface area contributed by atoms with Crippen molar-refractivity contribution in [2.45, 2.75) is 19.4 Å². The topological polar surface area (TPSA) is 101 Å². The number of amides is 1. The lowest BCUT2D eigenvalue weighted by Crippen LogP contribution is -2.34. The maximum absolute atomic E-state index is 12.3. The number of hydrogen-bond donors (Lipinski definition) is 1. The largest absolute Gasteiger partial charge is 0.478 e. The van der Waals surface area contributed by atoms with Crippen LogP contribution in [-0.4, -0.2) is 21.9 Å². The molecule has 7 nitrogen and oxygen atoms in total. The van der Waals surface area contributed by atoms with Gasteiger partial charge in [-0.05, 0) is 35.7 Å². The predicted molar refractivity (Wildman–Crippen MR) is 86.0 cm³/mol. The molecule has 0 aromatic heterocycles. The van der Waals surface area contributed by atoms with Crippen molar-refractivity contribution >= 4 is 23.3 Å². The number of aryl methyl sites for hydroxylation is 1.